The number of likely N-dealkylation sites (tertiary alicyclic amines) is 1. The van der Waals surface area contributed by atoms with Gasteiger partial charge in [0.05, 0.1) is 0 Å². The number of rotatable bonds is 2. The third-order valence-corrected chi connectivity index (χ3v) is 3.61. The van der Waals surface area contributed by atoms with Crippen molar-refractivity contribution in [2.75, 3.05) is 19.3 Å². The van der Waals surface area contributed by atoms with E-state index in [4.69, 9.17) is 5.73 Å². The molecule has 1 aromatic carbocycles. The molecule has 1 fully saturated rings. The molecule has 108 valence electrons. The minimum Gasteiger partial charge on any atom is -0.398 e. The minimum atomic E-state index is -0.494. The normalized spacial score (nSPS) is 19.1. The fourth-order valence-corrected chi connectivity index (χ4v) is 2.23. The van der Waals surface area contributed by atoms with E-state index in [0.717, 1.165) is 0 Å². The minimum absolute atomic E-state index is 0.0705. The highest BCUT2D eigenvalue weighted by atomic mass is 19.1. The molecule has 0 saturated carbocycles. The zero-order valence-corrected chi connectivity index (χ0v) is 11.6. The van der Waals surface area contributed by atoms with Crippen LogP contribution in [0.4, 0.5) is 10.1 Å². The molecule has 1 aliphatic rings. The lowest BCUT2D eigenvalue weighted by Gasteiger charge is -2.30. The van der Waals surface area contributed by atoms with Crippen molar-refractivity contribution in [3.05, 3.63) is 29.1 Å². The Labute approximate surface area is 116 Å². The third-order valence-electron chi connectivity index (χ3n) is 3.61. The summed E-state index contributed by atoms with van der Waals surface area (Å²) in [5, 5.41) is 2.80. The van der Waals surface area contributed by atoms with Crippen molar-refractivity contribution >= 4 is 17.5 Å². The predicted octanol–water partition coefficient (Wildman–Crippen LogP) is 1.07. The van der Waals surface area contributed by atoms with Gasteiger partial charge in [0.15, 0.2) is 0 Å². The van der Waals surface area contributed by atoms with Crippen molar-refractivity contribution in [2.45, 2.75) is 25.8 Å². The van der Waals surface area contributed by atoms with Crippen molar-refractivity contribution < 1.29 is 14.0 Å². The lowest BCUT2D eigenvalue weighted by molar-refractivity contribution is -0.132. The van der Waals surface area contributed by atoms with Gasteiger partial charge in [-0.3, -0.25) is 9.59 Å². The second kappa shape index (κ2) is 5.48. The molecule has 0 spiro atoms. The molecule has 1 aliphatic heterocycles. The first kappa shape index (κ1) is 14.3. The zero-order chi connectivity index (χ0) is 14.9. The van der Waals surface area contributed by atoms with E-state index in [9.17, 15) is 14.0 Å². The number of nitrogens with zero attached hydrogens (tertiary/aromatic N) is 1. The molecule has 1 atom stereocenters. The van der Waals surface area contributed by atoms with Gasteiger partial charge < -0.3 is 16.0 Å². The lowest BCUT2D eigenvalue weighted by Crippen LogP contribution is -2.48. The number of nitrogens with one attached hydrogen (secondary N) is 1. The van der Waals surface area contributed by atoms with Gasteiger partial charge in [0, 0.05) is 42.9 Å². The van der Waals surface area contributed by atoms with Crippen LogP contribution in [0.2, 0.25) is 0 Å². The second-order valence-corrected chi connectivity index (χ2v) is 5.16. The number of piperidine rings is 1. The quantitative estimate of drug-likeness (QED) is 0.795. The second-order valence-electron chi connectivity index (χ2n) is 5.16. The summed E-state index contributed by atoms with van der Waals surface area (Å²) in [6.07, 6.45) is 1.00. The summed E-state index contributed by atoms with van der Waals surface area (Å²) < 4.78 is 13.6. The summed E-state index contributed by atoms with van der Waals surface area (Å²) in [5.74, 6) is -0.796. The molecule has 2 amide bonds. The molecule has 5 nitrogen and oxygen atoms in total. The van der Waals surface area contributed by atoms with Crippen LogP contribution < -0.4 is 11.1 Å². The molecule has 6 heteroatoms. The SMILES string of the molecule is Cc1c(N)cc(C(=O)NC2CCC(=O)N(C)C2)cc1F. The summed E-state index contributed by atoms with van der Waals surface area (Å²) in [6.45, 7) is 2.03. The van der Waals surface area contributed by atoms with E-state index < -0.39 is 5.82 Å². The van der Waals surface area contributed by atoms with Crippen LogP contribution in [-0.2, 0) is 4.79 Å². The van der Waals surface area contributed by atoms with Crippen LogP contribution in [0, 0.1) is 12.7 Å². The molecular formula is C14H18FN3O2. The molecule has 0 bridgehead atoms. The van der Waals surface area contributed by atoms with Crippen molar-refractivity contribution in [1.82, 2.24) is 10.2 Å². The van der Waals surface area contributed by atoms with Crippen molar-refractivity contribution in [3.63, 3.8) is 0 Å². The Kier molecular flexibility index (Phi) is 3.92. The molecule has 0 radical (unpaired) electrons. The van der Waals surface area contributed by atoms with Crippen LogP contribution in [0.25, 0.3) is 0 Å². The van der Waals surface area contributed by atoms with Gasteiger partial charge in [-0.05, 0) is 25.5 Å². The van der Waals surface area contributed by atoms with E-state index in [-0.39, 0.29) is 29.1 Å². The smallest absolute Gasteiger partial charge is 0.251 e. The number of likely N-dealkylation sites (N-methyl/N-ethyl adjacent to an activating group) is 1. The number of anilines is 1. The highest BCUT2D eigenvalue weighted by Gasteiger charge is 2.24. The molecule has 1 saturated heterocycles. The van der Waals surface area contributed by atoms with Gasteiger partial charge in [-0.25, -0.2) is 4.39 Å². The monoisotopic (exact) mass is 279 g/mol. The largest absolute Gasteiger partial charge is 0.398 e. The topological polar surface area (TPSA) is 75.4 Å². The lowest BCUT2D eigenvalue weighted by atomic mass is 10.0. The Morgan fingerprint density at radius 1 is 1.50 bits per heavy atom. The Bertz CT molecular complexity index is 536. The number of halogens is 1. The Morgan fingerprint density at radius 2 is 2.20 bits per heavy atom. The average molecular weight is 279 g/mol. The highest BCUT2D eigenvalue weighted by molar-refractivity contribution is 5.95. The molecule has 3 N–H and O–H groups in total. The van der Waals surface area contributed by atoms with Gasteiger partial charge >= 0.3 is 0 Å². The number of hydrogen-bond donors (Lipinski definition) is 2. The fourth-order valence-electron chi connectivity index (χ4n) is 2.23. The van der Waals surface area contributed by atoms with Crippen LogP contribution in [0.3, 0.4) is 0 Å². The molecule has 20 heavy (non-hydrogen) atoms. The standard InChI is InChI=1S/C14H18FN3O2/c1-8-11(15)5-9(6-12(8)16)14(20)17-10-3-4-13(19)18(2)7-10/h5-6,10H,3-4,7,16H2,1-2H3,(H,17,20). The number of amides is 2. The van der Waals surface area contributed by atoms with Crippen LogP contribution in [0.15, 0.2) is 12.1 Å². The molecule has 1 aromatic rings. The zero-order valence-electron chi connectivity index (χ0n) is 11.6. The fraction of sp³-hybridized carbons (Fsp3) is 0.429. The van der Waals surface area contributed by atoms with Crippen molar-refractivity contribution in [2.24, 2.45) is 0 Å². The molecule has 0 aliphatic carbocycles. The number of hydrogen-bond acceptors (Lipinski definition) is 3. The summed E-state index contributed by atoms with van der Waals surface area (Å²) >= 11 is 0. The van der Waals surface area contributed by atoms with Gasteiger partial charge in [-0.15, -0.1) is 0 Å². The van der Waals surface area contributed by atoms with Crippen molar-refractivity contribution in [3.8, 4) is 0 Å². The van der Waals surface area contributed by atoms with Gasteiger partial charge in [-0.1, -0.05) is 0 Å². The van der Waals surface area contributed by atoms with E-state index >= 15 is 0 Å². The maximum Gasteiger partial charge on any atom is 0.251 e. The van der Waals surface area contributed by atoms with Crippen LogP contribution in [-0.4, -0.2) is 36.3 Å². The summed E-state index contributed by atoms with van der Waals surface area (Å²) in [5.41, 5.74) is 6.45. The maximum absolute atomic E-state index is 13.6. The number of benzene rings is 1. The van der Waals surface area contributed by atoms with E-state index in [2.05, 4.69) is 5.32 Å². The summed E-state index contributed by atoms with van der Waals surface area (Å²) in [6, 6.07) is 2.53. The number of nitrogen functional groups attached to an aromatic ring is 1. The van der Waals surface area contributed by atoms with Crippen LogP contribution >= 0.6 is 0 Å². The summed E-state index contributed by atoms with van der Waals surface area (Å²) in [7, 11) is 1.70. The first-order valence-electron chi connectivity index (χ1n) is 6.49. The van der Waals surface area contributed by atoms with Gasteiger partial charge in [0.25, 0.3) is 5.91 Å². The first-order valence-corrected chi connectivity index (χ1v) is 6.49. The Balaban J connectivity index is 2.07. The first-order chi connectivity index (χ1) is 9.38. The maximum atomic E-state index is 13.6. The van der Waals surface area contributed by atoms with Gasteiger partial charge in [0.2, 0.25) is 5.91 Å². The molecule has 1 unspecified atom stereocenters. The van der Waals surface area contributed by atoms with E-state index in [1.807, 2.05) is 0 Å². The van der Waals surface area contributed by atoms with Crippen LogP contribution in [0.5, 0.6) is 0 Å². The summed E-state index contributed by atoms with van der Waals surface area (Å²) in [4.78, 5) is 25.0. The van der Waals surface area contributed by atoms with E-state index in [0.29, 0.717) is 24.9 Å². The van der Waals surface area contributed by atoms with Crippen molar-refractivity contribution in [1.29, 1.82) is 0 Å². The molecular weight excluding hydrogens is 261 g/mol. The van der Waals surface area contributed by atoms with E-state index in [1.165, 1.54) is 12.1 Å². The van der Waals surface area contributed by atoms with Crippen LogP contribution in [0.1, 0.15) is 28.8 Å². The predicted molar refractivity (Wildman–Crippen MR) is 73.7 cm³/mol. The van der Waals surface area contributed by atoms with Gasteiger partial charge in [0.1, 0.15) is 5.82 Å². The number of carbonyl (C=O) groups excluding carboxylic acids is 2. The molecule has 1 heterocycles. The Hall–Kier alpha value is -2.11. The number of carbonyl (C=O) groups is 2. The Morgan fingerprint density at radius 3 is 2.80 bits per heavy atom. The highest BCUT2D eigenvalue weighted by Crippen LogP contribution is 2.18. The number of nitrogens with two attached hydrogens (primary N) is 1. The van der Waals surface area contributed by atoms with Gasteiger partial charge in [-0.2, -0.15) is 0 Å². The average Bonchev–Trinajstić information content (AvgIpc) is 2.39. The van der Waals surface area contributed by atoms with E-state index in [1.54, 1.807) is 18.9 Å². The molecule has 0 aromatic heterocycles. The molecule has 2 rings (SSSR count). The third kappa shape index (κ3) is 2.89.